The Morgan fingerprint density at radius 1 is 1.17 bits per heavy atom. The van der Waals surface area contributed by atoms with E-state index >= 15 is 0 Å². The third-order valence-corrected chi connectivity index (χ3v) is 4.04. The van der Waals surface area contributed by atoms with Crippen molar-refractivity contribution in [3.05, 3.63) is 35.6 Å². The summed E-state index contributed by atoms with van der Waals surface area (Å²) in [6.07, 6.45) is -4.15. The predicted molar refractivity (Wildman–Crippen MR) is 78.5 cm³/mol. The Balaban J connectivity index is 1.74. The number of halogens is 4. The van der Waals surface area contributed by atoms with Crippen molar-refractivity contribution in [1.29, 1.82) is 0 Å². The van der Waals surface area contributed by atoms with Crippen LogP contribution in [0.3, 0.4) is 0 Å². The van der Waals surface area contributed by atoms with Gasteiger partial charge in [0.05, 0.1) is 6.42 Å². The molecule has 1 saturated heterocycles. The smallest absolute Gasteiger partial charge is 0.356 e. The summed E-state index contributed by atoms with van der Waals surface area (Å²) in [5, 5.41) is 2.67. The number of benzene rings is 1. The van der Waals surface area contributed by atoms with Crippen LogP contribution in [0.5, 0.6) is 0 Å². The SMILES string of the molecule is O=C(Cc1ccccc1F)NCC1CCN(C(=O)C(F)(F)F)CC1. The zero-order valence-corrected chi connectivity index (χ0v) is 12.9. The first-order chi connectivity index (χ1) is 11.3. The van der Waals surface area contributed by atoms with Gasteiger partial charge in [-0.2, -0.15) is 13.2 Å². The lowest BCUT2D eigenvalue weighted by molar-refractivity contribution is -0.186. The molecular formula is C16H18F4N2O2. The van der Waals surface area contributed by atoms with Gasteiger partial charge in [-0.05, 0) is 30.4 Å². The average Bonchev–Trinajstić information content (AvgIpc) is 2.54. The van der Waals surface area contributed by atoms with Crippen LogP contribution in [0.15, 0.2) is 24.3 Å². The van der Waals surface area contributed by atoms with Crippen molar-refractivity contribution in [3.63, 3.8) is 0 Å². The fourth-order valence-electron chi connectivity index (χ4n) is 2.65. The molecule has 0 radical (unpaired) electrons. The molecule has 132 valence electrons. The molecule has 24 heavy (non-hydrogen) atoms. The minimum atomic E-state index is -4.85. The Hall–Kier alpha value is -2.12. The zero-order valence-electron chi connectivity index (χ0n) is 12.9. The lowest BCUT2D eigenvalue weighted by atomic mass is 9.96. The summed E-state index contributed by atoms with van der Waals surface area (Å²) in [6.45, 7) is 0.347. The largest absolute Gasteiger partial charge is 0.471 e. The van der Waals surface area contributed by atoms with Crippen LogP contribution in [-0.4, -0.2) is 42.5 Å². The van der Waals surface area contributed by atoms with Crippen LogP contribution in [0.25, 0.3) is 0 Å². The van der Waals surface area contributed by atoms with Gasteiger partial charge >= 0.3 is 12.1 Å². The molecule has 0 unspecified atom stereocenters. The van der Waals surface area contributed by atoms with E-state index in [2.05, 4.69) is 5.32 Å². The molecule has 1 aromatic rings. The van der Waals surface area contributed by atoms with E-state index in [9.17, 15) is 27.2 Å². The van der Waals surface area contributed by atoms with Gasteiger partial charge in [0, 0.05) is 19.6 Å². The maximum absolute atomic E-state index is 13.5. The van der Waals surface area contributed by atoms with Crippen molar-refractivity contribution in [1.82, 2.24) is 10.2 Å². The molecule has 1 aliphatic heterocycles. The normalized spacial score (nSPS) is 16.1. The molecule has 0 aliphatic carbocycles. The van der Waals surface area contributed by atoms with Gasteiger partial charge < -0.3 is 10.2 Å². The van der Waals surface area contributed by atoms with Gasteiger partial charge in [0.1, 0.15) is 5.82 Å². The highest BCUT2D eigenvalue weighted by molar-refractivity contribution is 5.82. The van der Waals surface area contributed by atoms with E-state index in [1.165, 1.54) is 18.2 Å². The number of alkyl halides is 3. The number of hydrogen-bond donors (Lipinski definition) is 1. The molecular weight excluding hydrogens is 328 g/mol. The molecule has 1 aromatic carbocycles. The number of likely N-dealkylation sites (tertiary alicyclic amines) is 1. The van der Waals surface area contributed by atoms with Crippen LogP contribution < -0.4 is 5.32 Å². The van der Waals surface area contributed by atoms with Crippen LogP contribution >= 0.6 is 0 Å². The molecule has 1 heterocycles. The molecule has 0 atom stereocenters. The van der Waals surface area contributed by atoms with Crippen LogP contribution in [0.2, 0.25) is 0 Å². The number of carbonyl (C=O) groups excluding carboxylic acids is 2. The van der Waals surface area contributed by atoms with E-state index in [1.807, 2.05) is 0 Å². The predicted octanol–water partition coefficient (Wildman–Crippen LogP) is 2.29. The molecule has 0 saturated carbocycles. The third kappa shape index (κ3) is 4.94. The van der Waals surface area contributed by atoms with E-state index in [0.717, 1.165) is 4.90 Å². The number of hydrogen-bond acceptors (Lipinski definition) is 2. The second-order valence-corrected chi connectivity index (χ2v) is 5.81. The van der Waals surface area contributed by atoms with Crippen LogP contribution in [0, 0.1) is 11.7 Å². The van der Waals surface area contributed by atoms with Crippen molar-refractivity contribution in [2.24, 2.45) is 5.92 Å². The van der Waals surface area contributed by atoms with Gasteiger partial charge in [-0.25, -0.2) is 4.39 Å². The fourth-order valence-corrected chi connectivity index (χ4v) is 2.65. The highest BCUT2D eigenvalue weighted by Crippen LogP contribution is 2.23. The van der Waals surface area contributed by atoms with Gasteiger partial charge in [-0.1, -0.05) is 18.2 Å². The van der Waals surface area contributed by atoms with Crippen molar-refractivity contribution >= 4 is 11.8 Å². The summed E-state index contributed by atoms with van der Waals surface area (Å²) in [7, 11) is 0. The number of nitrogens with zero attached hydrogens (tertiary/aromatic N) is 1. The summed E-state index contributed by atoms with van der Waals surface area (Å²) in [4.78, 5) is 23.7. The van der Waals surface area contributed by atoms with Gasteiger partial charge in [0.2, 0.25) is 5.91 Å². The molecule has 8 heteroatoms. The Labute approximate surface area is 136 Å². The van der Waals surface area contributed by atoms with Gasteiger partial charge in [0.25, 0.3) is 0 Å². The Morgan fingerprint density at radius 2 is 1.79 bits per heavy atom. The molecule has 0 spiro atoms. The molecule has 0 aromatic heterocycles. The van der Waals surface area contributed by atoms with E-state index < -0.39 is 17.9 Å². The lowest BCUT2D eigenvalue weighted by Gasteiger charge is -2.32. The average molecular weight is 346 g/mol. The molecule has 1 fully saturated rings. The first-order valence-electron chi connectivity index (χ1n) is 7.63. The van der Waals surface area contributed by atoms with Gasteiger partial charge in [0.15, 0.2) is 0 Å². The van der Waals surface area contributed by atoms with Crippen LogP contribution in [-0.2, 0) is 16.0 Å². The number of amides is 2. The maximum atomic E-state index is 13.5. The quantitative estimate of drug-likeness (QED) is 0.851. The second kappa shape index (κ2) is 7.63. The van der Waals surface area contributed by atoms with E-state index in [-0.39, 0.29) is 31.3 Å². The first-order valence-corrected chi connectivity index (χ1v) is 7.63. The van der Waals surface area contributed by atoms with Crippen LogP contribution in [0.1, 0.15) is 18.4 Å². The van der Waals surface area contributed by atoms with Gasteiger partial charge in [-0.3, -0.25) is 9.59 Å². The first kappa shape index (κ1) is 18.2. The summed E-state index contributed by atoms with van der Waals surface area (Å²) < 4.78 is 50.5. The minimum Gasteiger partial charge on any atom is -0.356 e. The van der Waals surface area contributed by atoms with Crippen molar-refractivity contribution in [2.45, 2.75) is 25.4 Å². The third-order valence-electron chi connectivity index (χ3n) is 4.04. The molecule has 0 bridgehead atoms. The number of carbonyl (C=O) groups is 2. The highest BCUT2D eigenvalue weighted by atomic mass is 19.4. The summed E-state index contributed by atoms with van der Waals surface area (Å²) in [6, 6.07) is 5.97. The zero-order chi connectivity index (χ0) is 17.7. The van der Waals surface area contributed by atoms with Crippen molar-refractivity contribution in [3.8, 4) is 0 Å². The van der Waals surface area contributed by atoms with E-state index in [1.54, 1.807) is 6.07 Å². The lowest BCUT2D eigenvalue weighted by Crippen LogP contribution is -2.46. The standard InChI is InChI=1S/C16H18F4N2O2/c17-13-4-2-1-3-12(13)9-14(23)21-10-11-5-7-22(8-6-11)15(24)16(18,19)20/h1-4,11H,5-10H2,(H,21,23). The molecule has 1 N–H and O–H groups in total. The monoisotopic (exact) mass is 346 g/mol. The van der Waals surface area contributed by atoms with Crippen molar-refractivity contribution < 1.29 is 27.2 Å². The summed E-state index contributed by atoms with van der Waals surface area (Å²) in [5.41, 5.74) is 0.292. The summed E-state index contributed by atoms with van der Waals surface area (Å²) in [5.74, 6) is -2.60. The molecule has 2 amide bonds. The number of piperidine rings is 1. The van der Waals surface area contributed by atoms with E-state index in [4.69, 9.17) is 0 Å². The second-order valence-electron chi connectivity index (χ2n) is 5.81. The molecule has 2 rings (SSSR count). The minimum absolute atomic E-state index is 0.00635. The van der Waals surface area contributed by atoms with E-state index in [0.29, 0.717) is 24.9 Å². The molecule has 1 aliphatic rings. The molecule has 4 nitrogen and oxygen atoms in total. The Bertz CT molecular complexity index is 596. The maximum Gasteiger partial charge on any atom is 0.471 e. The summed E-state index contributed by atoms with van der Waals surface area (Å²) >= 11 is 0. The number of rotatable bonds is 4. The van der Waals surface area contributed by atoms with Crippen molar-refractivity contribution in [2.75, 3.05) is 19.6 Å². The van der Waals surface area contributed by atoms with Crippen LogP contribution in [0.4, 0.5) is 17.6 Å². The number of nitrogens with one attached hydrogen (secondary N) is 1. The fraction of sp³-hybridized carbons (Fsp3) is 0.500. The van der Waals surface area contributed by atoms with Gasteiger partial charge in [-0.15, -0.1) is 0 Å². The highest BCUT2D eigenvalue weighted by Gasteiger charge is 2.43. The Kier molecular flexibility index (Phi) is 5.80. The Morgan fingerprint density at radius 3 is 2.38 bits per heavy atom. The topological polar surface area (TPSA) is 49.4 Å².